The molecular formula is C13H9Br2NS2. The van der Waals surface area contributed by atoms with Crippen LogP contribution in [0.4, 0.5) is 0 Å². The first-order chi connectivity index (χ1) is 8.66. The first kappa shape index (κ1) is 12.8. The summed E-state index contributed by atoms with van der Waals surface area (Å²) in [4.78, 5) is 1.16. The van der Waals surface area contributed by atoms with E-state index in [2.05, 4.69) is 67.6 Å². The van der Waals surface area contributed by atoms with E-state index in [1.165, 1.54) is 15.6 Å². The van der Waals surface area contributed by atoms with Gasteiger partial charge in [-0.15, -0.1) is 22.7 Å². The van der Waals surface area contributed by atoms with Gasteiger partial charge in [-0.2, -0.15) is 0 Å². The van der Waals surface area contributed by atoms with Crippen molar-refractivity contribution in [1.82, 2.24) is 0 Å². The maximum atomic E-state index is 6.38. The first-order valence-electron chi connectivity index (χ1n) is 5.33. The smallest absolute Gasteiger partial charge is 0.0843 e. The largest absolute Gasteiger partial charge is 0.320 e. The van der Waals surface area contributed by atoms with Crippen molar-refractivity contribution >= 4 is 64.6 Å². The minimum absolute atomic E-state index is 0.0613. The Morgan fingerprint density at radius 2 is 1.94 bits per heavy atom. The third-order valence-electron chi connectivity index (χ3n) is 2.82. The molecule has 2 heterocycles. The molecule has 0 fully saturated rings. The van der Waals surface area contributed by atoms with Gasteiger partial charge in [0.2, 0.25) is 0 Å². The van der Waals surface area contributed by atoms with Gasteiger partial charge in [0.05, 0.1) is 9.83 Å². The highest BCUT2D eigenvalue weighted by Crippen LogP contribution is 2.39. The molecule has 5 heteroatoms. The quantitative estimate of drug-likeness (QED) is 0.598. The molecule has 0 radical (unpaired) electrons. The van der Waals surface area contributed by atoms with Gasteiger partial charge in [-0.05, 0) is 60.3 Å². The van der Waals surface area contributed by atoms with Crippen LogP contribution in [0.25, 0.3) is 10.1 Å². The molecule has 1 unspecified atom stereocenters. The molecule has 0 aliphatic rings. The molecule has 2 aromatic heterocycles. The lowest BCUT2D eigenvalue weighted by molar-refractivity contribution is 0.907. The molecule has 1 nitrogen and oxygen atoms in total. The van der Waals surface area contributed by atoms with Gasteiger partial charge in [0.15, 0.2) is 0 Å². The summed E-state index contributed by atoms with van der Waals surface area (Å²) in [6.07, 6.45) is 0. The van der Waals surface area contributed by atoms with Crippen molar-refractivity contribution in [2.24, 2.45) is 5.73 Å². The van der Waals surface area contributed by atoms with E-state index in [4.69, 9.17) is 5.73 Å². The Morgan fingerprint density at radius 1 is 1.17 bits per heavy atom. The molecule has 2 N–H and O–H groups in total. The van der Waals surface area contributed by atoms with Crippen LogP contribution in [0.3, 0.4) is 0 Å². The number of halogens is 2. The van der Waals surface area contributed by atoms with Crippen molar-refractivity contribution in [1.29, 1.82) is 0 Å². The average molecular weight is 403 g/mol. The Morgan fingerprint density at radius 3 is 2.67 bits per heavy atom. The number of rotatable bonds is 2. The van der Waals surface area contributed by atoms with E-state index in [0.717, 1.165) is 13.1 Å². The minimum Gasteiger partial charge on any atom is -0.320 e. The third-order valence-corrected chi connectivity index (χ3v) is 7.14. The van der Waals surface area contributed by atoms with Gasteiger partial charge in [-0.1, -0.05) is 18.2 Å². The highest BCUT2D eigenvalue weighted by atomic mass is 79.9. The summed E-state index contributed by atoms with van der Waals surface area (Å²) in [6.45, 7) is 0. The zero-order valence-electron chi connectivity index (χ0n) is 9.19. The van der Waals surface area contributed by atoms with Gasteiger partial charge in [0.25, 0.3) is 0 Å². The molecule has 0 amide bonds. The molecule has 0 saturated carbocycles. The van der Waals surface area contributed by atoms with Crippen molar-refractivity contribution in [3.63, 3.8) is 0 Å². The highest BCUT2D eigenvalue weighted by Gasteiger charge is 2.17. The van der Waals surface area contributed by atoms with Gasteiger partial charge in [0, 0.05) is 14.0 Å². The van der Waals surface area contributed by atoms with Crippen LogP contribution in [0.1, 0.15) is 16.5 Å². The van der Waals surface area contributed by atoms with E-state index in [1.807, 2.05) is 0 Å². The predicted octanol–water partition coefficient (Wildman–Crippen LogP) is 5.54. The molecule has 1 aromatic carbocycles. The normalized spacial score (nSPS) is 13.1. The first-order valence-corrected chi connectivity index (χ1v) is 8.61. The summed E-state index contributed by atoms with van der Waals surface area (Å²) >= 11 is 10.5. The third kappa shape index (κ3) is 2.18. The number of nitrogens with two attached hydrogens (primary N) is 1. The molecule has 0 spiro atoms. The van der Waals surface area contributed by atoms with Crippen LogP contribution >= 0.6 is 54.5 Å². The van der Waals surface area contributed by atoms with E-state index >= 15 is 0 Å². The van der Waals surface area contributed by atoms with E-state index in [9.17, 15) is 0 Å². The second-order valence-electron chi connectivity index (χ2n) is 3.94. The highest BCUT2D eigenvalue weighted by molar-refractivity contribution is 9.13. The average Bonchev–Trinajstić information content (AvgIpc) is 2.93. The van der Waals surface area contributed by atoms with Crippen molar-refractivity contribution in [3.8, 4) is 0 Å². The fourth-order valence-electron chi connectivity index (χ4n) is 1.91. The lowest BCUT2D eigenvalue weighted by Crippen LogP contribution is -2.09. The number of hydrogen-bond acceptors (Lipinski definition) is 3. The SMILES string of the molecule is NC(c1cc(Br)c(Br)s1)c1csc2ccccc12. The predicted molar refractivity (Wildman–Crippen MR) is 87.6 cm³/mol. The van der Waals surface area contributed by atoms with E-state index in [0.29, 0.717) is 0 Å². The van der Waals surface area contributed by atoms with Crippen LogP contribution in [0.2, 0.25) is 0 Å². The van der Waals surface area contributed by atoms with Crippen LogP contribution in [0.15, 0.2) is 44.0 Å². The molecule has 0 aliphatic heterocycles. The minimum atomic E-state index is -0.0613. The maximum Gasteiger partial charge on any atom is 0.0843 e. The summed E-state index contributed by atoms with van der Waals surface area (Å²) in [7, 11) is 0. The number of benzene rings is 1. The summed E-state index contributed by atoms with van der Waals surface area (Å²) in [6, 6.07) is 10.4. The van der Waals surface area contributed by atoms with E-state index in [-0.39, 0.29) is 6.04 Å². The van der Waals surface area contributed by atoms with Crippen LogP contribution in [-0.2, 0) is 0 Å². The standard InChI is InChI=1S/C13H9Br2NS2/c14-9-5-11(18-13(9)15)12(16)8-6-17-10-4-2-1-3-7(8)10/h1-6,12H,16H2. The van der Waals surface area contributed by atoms with Gasteiger partial charge < -0.3 is 5.73 Å². The molecule has 0 bridgehead atoms. The van der Waals surface area contributed by atoms with Crippen LogP contribution in [-0.4, -0.2) is 0 Å². The summed E-state index contributed by atoms with van der Waals surface area (Å²) in [5.41, 5.74) is 7.59. The second kappa shape index (κ2) is 5.06. The summed E-state index contributed by atoms with van der Waals surface area (Å²) in [5, 5.41) is 3.42. The number of thiophene rings is 2. The lowest BCUT2D eigenvalue weighted by Gasteiger charge is -2.08. The van der Waals surface area contributed by atoms with Gasteiger partial charge in [-0.25, -0.2) is 0 Å². The lowest BCUT2D eigenvalue weighted by atomic mass is 10.1. The molecule has 1 atom stereocenters. The molecule has 3 aromatic rings. The molecular weight excluding hydrogens is 394 g/mol. The molecule has 0 aliphatic carbocycles. The molecule has 0 saturated heterocycles. The molecule has 18 heavy (non-hydrogen) atoms. The van der Waals surface area contributed by atoms with E-state index < -0.39 is 0 Å². The Hall–Kier alpha value is -0.200. The fraction of sp³-hybridized carbons (Fsp3) is 0.0769. The van der Waals surface area contributed by atoms with E-state index in [1.54, 1.807) is 22.7 Å². The zero-order chi connectivity index (χ0) is 12.7. The number of fused-ring (bicyclic) bond motifs is 1. The molecule has 92 valence electrons. The van der Waals surface area contributed by atoms with Crippen molar-refractivity contribution in [2.45, 2.75) is 6.04 Å². The summed E-state index contributed by atoms with van der Waals surface area (Å²) < 4.78 is 3.45. The van der Waals surface area contributed by atoms with Gasteiger partial charge in [-0.3, -0.25) is 0 Å². The second-order valence-corrected chi connectivity index (χ2v) is 8.10. The van der Waals surface area contributed by atoms with Crippen molar-refractivity contribution < 1.29 is 0 Å². The maximum absolute atomic E-state index is 6.38. The Kier molecular flexibility index (Phi) is 3.60. The van der Waals surface area contributed by atoms with Crippen LogP contribution in [0.5, 0.6) is 0 Å². The number of hydrogen-bond donors (Lipinski definition) is 1. The van der Waals surface area contributed by atoms with Gasteiger partial charge in [0.1, 0.15) is 0 Å². The Bertz CT molecular complexity index is 682. The topological polar surface area (TPSA) is 26.0 Å². The van der Waals surface area contributed by atoms with Gasteiger partial charge >= 0.3 is 0 Å². The molecule has 3 rings (SSSR count). The van der Waals surface area contributed by atoms with Crippen LogP contribution < -0.4 is 5.73 Å². The van der Waals surface area contributed by atoms with Crippen LogP contribution in [0, 0.1) is 0 Å². The Balaban J connectivity index is 2.09. The Labute approximate surface area is 130 Å². The van der Waals surface area contributed by atoms with Crippen molar-refractivity contribution in [3.05, 3.63) is 54.4 Å². The zero-order valence-corrected chi connectivity index (χ0v) is 14.0. The monoisotopic (exact) mass is 401 g/mol. The summed E-state index contributed by atoms with van der Waals surface area (Å²) in [5.74, 6) is 0. The fourth-order valence-corrected chi connectivity index (χ4v) is 5.02. The van der Waals surface area contributed by atoms with Crippen molar-refractivity contribution in [2.75, 3.05) is 0 Å².